The Balaban J connectivity index is 1.82. The third-order valence-corrected chi connectivity index (χ3v) is 5.05. The Kier molecular flexibility index (Phi) is 5.91. The number of hydrogen-bond acceptors (Lipinski definition) is 8. The van der Waals surface area contributed by atoms with Crippen LogP contribution in [0, 0.1) is 0 Å². The summed E-state index contributed by atoms with van der Waals surface area (Å²) in [5, 5.41) is 0. The molecule has 0 aliphatic carbocycles. The molecule has 2 saturated heterocycles. The van der Waals surface area contributed by atoms with Crippen LogP contribution in [0.15, 0.2) is 18.3 Å². The van der Waals surface area contributed by atoms with Gasteiger partial charge in [-0.1, -0.05) is 0 Å². The Labute approximate surface area is 171 Å². The molecule has 0 bridgehead atoms. The van der Waals surface area contributed by atoms with E-state index in [0.29, 0.717) is 64.4 Å². The van der Waals surface area contributed by atoms with Crippen molar-refractivity contribution in [2.24, 2.45) is 0 Å². The molecule has 162 valence electrons. The van der Waals surface area contributed by atoms with Gasteiger partial charge in [-0.3, -0.25) is 0 Å². The molecule has 0 amide bonds. The maximum atomic E-state index is 13.7. The monoisotopic (exact) mass is 424 g/mol. The van der Waals surface area contributed by atoms with E-state index in [9.17, 15) is 13.2 Å². The van der Waals surface area contributed by atoms with Crippen LogP contribution in [0.5, 0.6) is 0 Å². The molecule has 0 aromatic carbocycles. The van der Waals surface area contributed by atoms with Crippen molar-refractivity contribution in [3.8, 4) is 11.3 Å². The standard InChI is InChI=1S/C19H23F3N6O2/c20-19(21,22)14-10-16(23)24-12-13(14)15-11-17(27-2-1-6-29-7-3-27)26-18(25-15)28-4-8-30-9-5-28/h10-12H,1-9H2,(H2,23,24). The smallest absolute Gasteiger partial charge is 0.384 e. The van der Waals surface area contributed by atoms with E-state index in [-0.39, 0.29) is 17.1 Å². The fourth-order valence-electron chi connectivity index (χ4n) is 3.51. The molecule has 30 heavy (non-hydrogen) atoms. The average Bonchev–Trinajstić information content (AvgIpc) is 3.03. The molecule has 0 spiro atoms. The van der Waals surface area contributed by atoms with Gasteiger partial charge in [0.05, 0.1) is 31.1 Å². The summed E-state index contributed by atoms with van der Waals surface area (Å²) < 4.78 is 52.0. The minimum Gasteiger partial charge on any atom is -0.384 e. The van der Waals surface area contributed by atoms with E-state index >= 15 is 0 Å². The van der Waals surface area contributed by atoms with Gasteiger partial charge in [0, 0.05) is 50.6 Å². The van der Waals surface area contributed by atoms with Crippen LogP contribution >= 0.6 is 0 Å². The minimum absolute atomic E-state index is 0.124. The molecule has 0 unspecified atom stereocenters. The number of ether oxygens (including phenoxy) is 2. The molecule has 2 aliphatic heterocycles. The van der Waals surface area contributed by atoms with E-state index in [1.807, 2.05) is 9.80 Å². The Morgan fingerprint density at radius 3 is 2.33 bits per heavy atom. The van der Waals surface area contributed by atoms with E-state index in [4.69, 9.17) is 15.2 Å². The lowest BCUT2D eigenvalue weighted by Gasteiger charge is -2.29. The van der Waals surface area contributed by atoms with Gasteiger partial charge in [-0.05, 0) is 12.5 Å². The number of hydrogen-bond donors (Lipinski definition) is 1. The molecule has 4 rings (SSSR count). The third kappa shape index (κ3) is 4.57. The second kappa shape index (κ2) is 8.60. The quantitative estimate of drug-likeness (QED) is 0.802. The maximum Gasteiger partial charge on any atom is 0.417 e. The fourth-order valence-corrected chi connectivity index (χ4v) is 3.51. The number of alkyl halides is 3. The molecule has 11 heteroatoms. The van der Waals surface area contributed by atoms with Gasteiger partial charge in [0.2, 0.25) is 5.95 Å². The topological polar surface area (TPSA) is 89.6 Å². The van der Waals surface area contributed by atoms with Crippen molar-refractivity contribution >= 4 is 17.6 Å². The van der Waals surface area contributed by atoms with Crippen molar-refractivity contribution in [1.29, 1.82) is 0 Å². The molecule has 2 aliphatic rings. The Morgan fingerprint density at radius 2 is 1.60 bits per heavy atom. The summed E-state index contributed by atoms with van der Waals surface area (Å²) >= 11 is 0. The van der Waals surface area contributed by atoms with Crippen molar-refractivity contribution in [3.63, 3.8) is 0 Å². The number of halogens is 3. The summed E-state index contributed by atoms with van der Waals surface area (Å²) in [4.78, 5) is 16.9. The molecule has 0 radical (unpaired) electrons. The molecule has 2 N–H and O–H groups in total. The number of aromatic nitrogens is 3. The first-order valence-corrected chi connectivity index (χ1v) is 9.79. The van der Waals surface area contributed by atoms with E-state index < -0.39 is 11.7 Å². The lowest BCUT2D eigenvalue weighted by Crippen LogP contribution is -2.38. The fraction of sp³-hybridized carbons (Fsp3) is 0.526. The van der Waals surface area contributed by atoms with Crippen LogP contribution < -0.4 is 15.5 Å². The van der Waals surface area contributed by atoms with Gasteiger partial charge in [-0.25, -0.2) is 9.97 Å². The second-order valence-electron chi connectivity index (χ2n) is 7.12. The van der Waals surface area contributed by atoms with Crippen molar-refractivity contribution in [3.05, 3.63) is 23.9 Å². The van der Waals surface area contributed by atoms with Crippen molar-refractivity contribution < 1.29 is 22.6 Å². The minimum atomic E-state index is -4.59. The summed E-state index contributed by atoms with van der Waals surface area (Å²) in [6.07, 6.45) is -2.66. The Morgan fingerprint density at radius 1 is 0.900 bits per heavy atom. The number of nitrogens with zero attached hydrogens (tertiary/aromatic N) is 5. The summed E-state index contributed by atoms with van der Waals surface area (Å²) in [6, 6.07) is 2.42. The number of anilines is 3. The number of nitrogen functional groups attached to an aromatic ring is 1. The van der Waals surface area contributed by atoms with Crippen molar-refractivity contribution in [1.82, 2.24) is 15.0 Å². The van der Waals surface area contributed by atoms with E-state index in [1.165, 1.54) is 0 Å². The highest BCUT2D eigenvalue weighted by Gasteiger charge is 2.35. The summed E-state index contributed by atoms with van der Waals surface area (Å²) in [6.45, 7) is 4.64. The lowest BCUT2D eigenvalue weighted by atomic mass is 10.1. The van der Waals surface area contributed by atoms with Crippen LogP contribution in [0.3, 0.4) is 0 Å². The Hall–Kier alpha value is -2.66. The molecular formula is C19H23F3N6O2. The zero-order valence-corrected chi connectivity index (χ0v) is 16.4. The number of rotatable bonds is 3. The molecule has 0 saturated carbocycles. The van der Waals surface area contributed by atoms with Crippen LogP contribution in [-0.2, 0) is 15.7 Å². The predicted octanol–water partition coefficient (Wildman–Crippen LogP) is 2.20. The third-order valence-electron chi connectivity index (χ3n) is 5.05. The lowest BCUT2D eigenvalue weighted by molar-refractivity contribution is -0.137. The maximum absolute atomic E-state index is 13.7. The number of morpholine rings is 1. The van der Waals surface area contributed by atoms with Crippen LogP contribution in [0.4, 0.5) is 30.8 Å². The zero-order chi connectivity index (χ0) is 21.1. The highest BCUT2D eigenvalue weighted by atomic mass is 19.4. The number of nitrogens with two attached hydrogens (primary N) is 1. The molecular weight excluding hydrogens is 401 g/mol. The molecule has 4 heterocycles. The van der Waals surface area contributed by atoms with Gasteiger partial charge < -0.3 is 25.0 Å². The molecule has 2 aromatic heterocycles. The van der Waals surface area contributed by atoms with Gasteiger partial charge in [-0.15, -0.1) is 0 Å². The SMILES string of the molecule is Nc1cc(C(F)(F)F)c(-c2cc(N3CCCOCC3)nc(N3CCOCC3)n2)cn1. The zero-order valence-electron chi connectivity index (χ0n) is 16.4. The summed E-state index contributed by atoms with van der Waals surface area (Å²) in [5.74, 6) is 0.747. The van der Waals surface area contributed by atoms with Crippen LogP contribution in [0.25, 0.3) is 11.3 Å². The van der Waals surface area contributed by atoms with E-state index in [1.54, 1.807) is 6.07 Å². The second-order valence-corrected chi connectivity index (χ2v) is 7.12. The average molecular weight is 424 g/mol. The normalized spacial score (nSPS) is 18.4. The molecule has 0 atom stereocenters. The highest BCUT2D eigenvalue weighted by Crippen LogP contribution is 2.38. The van der Waals surface area contributed by atoms with E-state index in [0.717, 1.165) is 18.7 Å². The van der Waals surface area contributed by atoms with Crippen molar-refractivity contribution in [2.45, 2.75) is 12.6 Å². The highest BCUT2D eigenvalue weighted by molar-refractivity contribution is 5.69. The van der Waals surface area contributed by atoms with Crippen LogP contribution in [-0.4, -0.2) is 67.6 Å². The van der Waals surface area contributed by atoms with Gasteiger partial charge in [0.25, 0.3) is 0 Å². The van der Waals surface area contributed by atoms with Crippen LogP contribution in [0.1, 0.15) is 12.0 Å². The largest absolute Gasteiger partial charge is 0.417 e. The van der Waals surface area contributed by atoms with Crippen molar-refractivity contribution in [2.75, 3.05) is 68.1 Å². The number of pyridine rings is 1. The molecule has 8 nitrogen and oxygen atoms in total. The molecule has 2 aromatic rings. The molecule has 2 fully saturated rings. The first-order valence-electron chi connectivity index (χ1n) is 9.79. The summed E-state index contributed by atoms with van der Waals surface area (Å²) in [5.41, 5.74) is 4.69. The Bertz CT molecular complexity index is 881. The van der Waals surface area contributed by atoms with Gasteiger partial charge in [-0.2, -0.15) is 18.2 Å². The predicted molar refractivity (Wildman–Crippen MR) is 105 cm³/mol. The van der Waals surface area contributed by atoms with Gasteiger partial charge in [0.15, 0.2) is 0 Å². The summed E-state index contributed by atoms with van der Waals surface area (Å²) in [7, 11) is 0. The van der Waals surface area contributed by atoms with Gasteiger partial charge in [0.1, 0.15) is 11.6 Å². The first kappa shape index (κ1) is 20.6. The van der Waals surface area contributed by atoms with Crippen LogP contribution in [0.2, 0.25) is 0 Å². The van der Waals surface area contributed by atoms with E-state index in [2.05, 4.69) is 15.0 Å². The first-order chi connectivity index (χ1) is 14.4. The van der Waals surface area contributed by atoms with Gasteiger partial charge >= 0.3 is 6.18 Å².